The Kier molecular flexibility index (Phi) is 3.02. The summed E-state index contributed by atoms with van der Waals surface area (Å²) in [6.07, 6.45) is 1.62. The van der Waals surface area contributed by atoms with Crippen molar-refractivity contribution in [1.82, 2.24) is 4.57 Å². The molecule has 0 aliphatic rings. The van der Waals surface area contributed by atoms with E-state index < -0.39 is 0 Å². The van der Waals surface area contributed by atoms with Crippen molar-refractivity contribution in [3.63, 3.8) is 0 Å². The predicted octanol–water partition coefficient (Wildman–Crippen LogP) is 0.143. The van der Waals surface area contributed by atoms with Crippen molar-refractivity contribution in [2.75, 3.05) is 7.11 Å². The van der Waals surface area contributed by atoms with Crippen molar-refractivity contribution >= 4 is 17.2 Å². The number of hydrogen-bond acceptors (Lipinski definition) is 3. The Morgan fingerprint density at radius 3 is 3.00 bits per heavy atom. The molecule has 4 nitrogen and oxygen atoms in total. The highest BCUT2D eigenvalue weighted by Gasteiger charge is 2.02. The summed E-state index contributed by atoms with van der Waals surface area (Å²) >= 11 is 4.69. The molecule has 0 bridgehead atoms. The molecule has 13 heavy (non-hydrogen) atoms. The van der Waals surface area contributed by atoms with Gasteiger partial charge in [0, 0.05) is 6.20 Å². The number of ether oxygens (including phenoxy) is 1. The van der Waals surface area contributed by atoms with Crippen molar-refractivity contribution in [2.45, 2.75) is 6.54 Å². The summed E-state index contributed by atoms with van der Waals surface area (Å²) in [7, 11) is 1.45. The quantitative estimate of drug-likeness (QED) is 0.702. The normalized spacial score (nSPS) is 9.62. The molecule has 1 rings (SSSR count). The Labute approximate surface area is 80.9 Å². The Morgan fingerprint density at radius 2 is 2.46 bits per heavy atom. The van der Waals surface area contributed by atoms with E-state index in [0.29, 0.717) is 5.75 Å². The molecule has 0 aliphatic heterocycles. The second-order valence-electron chi connectivity index (χ2n) is 2.48. The number of pyridine rings is 1. The molecule has 0 saturated carbocycles. The van der Waals surface area contributed by atoms with E-state index in [4.69, 9.17) is 22.7 Å². The maximum absolute atomic E-state index is 11.5. The summed E-state index contributed by atoms with van der Waals surface area (Å²) in [6.45, 7) is 0.241. The highest BCUT2D eigenvalue weighted by molar-refractivity contribution is 7.80. The molecular weight excluding hydrogens is 188 g/mol. The molecule has 0 atom stereocenters. The van der Waals surface area contributed by atoms with E-state index in [9.17, 15) is 4.79 Å². The minimum Gasteiger partial charge on any atom is -0.491 e. The van der Waals surface area contributed by atoms with Crippen LogP contribution in [-0.2, 0) is 6.54 Å². The molecular formula is C8H10N2O2S. The first-order valence-electron chi connectivity index (χ1n) is 3.67. The SMILES string of the molecule is COc1cccn(CC(N)=S)c1=O. The van der Waals surface area contributed by atoms with Crippen LogP contribution in [0.25, 0.3) is 0 Å². The Bertz CT molecular complexity index is 373. The molecule has 0 aromatic carbocycles. The van der Waals surface area contributed by atoms with Gasteiger partial charge in [0.15, 0.2) is 5.75 Å². The highest BCUT2D eigenvalue weighted by Crippen LogP contribution is 1.99. The van der Waals surface area contributed by atoms with Gasteiger partial charge in [0.2, 0.25) is 0 Å². The third kappa shape index (κ3) is 2.29. The summed E-state index contributed by atoms with van der Waals surface area (Å²) in [5.41, 5.74) is 5.09. The second-order valence-corrected chi connectivity index (χ2v) is 3.00. The predicted molar refractivity (Wildman–Crippen MR) is 54.0 cm³/mol. The summed E-state index contributed by atoms with van der Waals surface area (Å²) in [5, 5.41) is 0. The standard InChI is InChI=1S/C8H10N2O2S/c1-12-6-3-2-4-10(8(6)11)5-7(9)13/h2-4H,5H2,1H3,(H2,9,13). The largest absolute Gasteiger partial charge is 0.491 e. The van der Waals surface area contributed by atoms with Crippen molar-refractivity contribution in [3.05, 3.63) is 28.7 Å². The molecule has 0 fully saturated rings. The maximum atomic E-state index is 11.5. The first-order chi connectivity index (χ1) is 6.15. The van der Waals surface area contributed by atoms with Gasteiger partial charge in [0.05, 0.1) is 18.6 Å². The molecule has 0 radical (unpaired) electrons. The molecule has 5 heteroatoms. The first kappa shape index (κ1) is 9.73. The fourth-order valence-corrected chi connectivity index (χ4v) is 1.10. The molecule has 0 aliphatic carbocycles. The van der Waals surface area contributed by atoms with Crippen molar-refractivity contribution in [3.8, 4) is 5.75 Å². The number of hydrogen-bond donors (Lipinski definition) is 1. The van der Waals surface area contributed by atoms with Crippen LogP contribution in [-0.4, -0.2) is 16.7 Å². The van der Waals surface area contributed by atoms with Crippen LogP contribution in [0.3, 0.4) is 0 Å². The second kappa shape index (κ2) is 4.04. The minimum absolute atomic E-state index is 0.224. The minimum atomic E-state index is -0.224. The van der Waals surface area contributed by atoms with Gasteiger partial charge in [-0.2, -0.15) is 0 Å². The van der Waals surface area contributed by atoms with E-state index >= 15 is 0 Å². The van der Waals surface area contributed by atoms with E-state index in [1.807, 2.05) is 0 Å². The van der Waals surface area contributed by atoms with Gasteiger partial charge in [0.1, 0.15) is 0 Å². The van der Waals surface area contributed by atoms with E-state index in [0.717, 1.165) is 0 Å². The van der Waals surface area contributed by atoms with Crippen molar-refractivity contribution in [1.29, 1.82) is 0 Å². The zero-order chi connectivity index (χ0) is 9.84. The lowest BCUT2D eigenvalue weighted by Gasteiger charge is -2.05. The molecule has 0 spiro atoms. The topological polar surface area (TPSA) is 57.2 Å². The summed E-state index contributed by atoms with van der Waals surface area (Å²) in [5.74, 6) is 0.291. The summed E-state index contributed by atoms with van der Waals surface area (Å²) in [6, 6.07) is 3.30. The number of rotatable bonds is 3. The van der Waals surface area contributed by atoms with Gasteiger partial charge < -0.3 is 15.0 Å². The molecule has 1 heterocycles. The first-order valence-corrected chi connectivity index (χ1v) is 4.07. The van der Waals surface area contributed by atoms with Gasteiger partial charge in [-0.3, -0.25) is 4.79 Å². The zero-order valence-electron chi connectivity index (χ0n) is 7.19. The number of nitrogens with two attached hydrogens (primary N) is 1. The van der Waals surface area contributed by atoms with Crippen molar-refractivity contribution < 1.29 is 4.74 Å². The maximum Gasteiger partial charge on any atom is 0.293 e. The lowest BCUT2D eigenvalue weighted by molar-refractivity contribution is 0.404. The van der Waals surface area contributed by atoms with E-state index in [1.54, 1.807) is 18.3 Å². The third-order valence-electron chi connectivity index (χ3n) is 1.53. The zero-order valence-corrected chi connectivity index (χ0v) is 8.00. The molecule has 70 valence electrons. The summed E-state index contributed by atoms with van der Waals surface area (Å²) in [4.78, 5) is 11.7. The van der Waals surface area contributed by atoms with Crippen LogP contribution in [0.5, 0.6) is 5.75 Å². The van der Waals surface area contributed by atoms with E-state index in [2.05, 4.69) is 0 Å². The lowest BCUT2D eigenvalue weighted by atomic mass is 10.4. The van der Waals surface area contributed by atoms with Crippen LogP contribution in [0.1, 0.15) is 0 Å². The fourth-order valence-electron chi connectivity index (χ4n) is 0.963. The van der Waals surface area contributed by atoms with Crippen LogP contribution in [0, 0.1) is 0 Å². The number of thiocarbonyl (C=S) groups is 1. The van der Waals surface area contributed by atoms with E-state index in [1.165, 1.54) is 11.7 Å². The molecule has 2 N–H and O–H groups in total. The van der Waals surface area contributed by atoms with Gasteiger partial charge in [0.25, 0.3) is 5.56 Å². The molecule has 0 unspecified atom stereocenters. The fraction of sp³-hybridized carbons (Fsp3) is 0.250. The average Bonchev–Trinajstić information content (AvgIpc) is 2.08. The smallest absolute Gasteiger partial charge is 0.293 e. The van der Waals surface area contributed by atoms with Gasteiger partial charge >= 0.3 is 0 Å². The number of nitrogens with zero attached hydrogens (tertiary/aromatic N) is 1. The van der Waals surface area contributed by atoms with Crippen LogP contribution < -0.4 is 16.0 Å². The highest BCUT2D eigenvalue weighted by atomic mass is 32.1. The van der Waals surface area contributed by atoms with Crippen LogP contribution in [0.4, 0.5) is 0 Å². The molecule has 0 saturated heterocycles. The number of aromatic nitrogens is 1. The number of methoxy groups -OCH3 is 1. The van der Waals surface area contributed by atoms with Gasteiger partial charge in [-0.05, 0) is 12.1 Å². The average molecular weight is 198 g/mol. The van der Waals surface area contributed by atoms with Crippen LogP contribution in [0.2, 0.25) is 0 Å². The summed E-state index contributed by atoms with van der Waals surface area (Å²) < 4.78 is 6.25. The molecule has 0 amide bonds. The Morgan fingerprint density at radius 1 is 1.77 bits per heavy atom. The van der Waals surface area contributed by atoms with Crippen LogP contribution in [0.15, 0.2) is 23.1 Å². The lowest BCUT2D eigenvalue weighted by Crippen LogP contribution is -2.26. The van der Waals surface area contributed by atoms with Gasteiger partial charge in [-0.15, -0.1) is 0 Å². The van der Waals surface area contributed by atoms with Crippen molar-refractivity contribution in [2.24, 2.45) is 5.73 Å². The monoisotopic (exact) mass is 198 g/mol. The third-order valence-corrected chi connectivity index (χ3v) is 1.66. The molecule has 1 aromatic rings. The van der Waals surface area contributed by atoms with Gasteiger partial charge in [-0.25, -0.2) is 0 Å². The molecule has 1 aromatic heterocycles. The Hall–Kier alpha value is -1.36. The van der Waals surface area contributed by atoms with Gasteiger partial charge in [-0.1, -0.05) is 12.2 Å². The Balaban J connectivity index is 3.09. The van der Waals surface area contributed by atoms with Crippen LogP contribution >= 0.6 is 12.2 Å². The van der Waals surface area contributed by atoms with E-state index in [-0.39, 0.29) is 17.1 Å².